The highest BCUT2D eigenvalue weighted by Crippen LogP contribution is 2.32. The number of amides is 2. The molecule has 2 heterocycles. The van der Waals surface area contributed by atoms with Crippen LogP contribution in [-0.2, 0) is 14.3 Å². The van der Waals surface area contributed by atoms with E-state index in [0.29, 0.717) is 19.1 Å². The number of para-hydroxylation sites is 1. The van der Waals surface area contributed by atoms with E-state index in [4.69, 9.17) is 4.74 Å². The normalized spacial score (nSPS) is 24.9. The molecule has 1 fully saturated rings. The Morgan fingerprint density at radius 3 is 3.05 bits per heavy atom. The predicted molar refractivity (Wildman–Crippen MR) is 74.4 cm³/mol. The Balaban J connectivity index is 1.69. The lowest BCUT2D eigenvalue weighted by Crippen LogP contribution is -2.37. The second-order valence-electron chi connectivity index (χ2n) is 5.37. The SMILES string of the molecule is O=C1C[C@@H](C(=O)NC[C@H]2CCOC2)c2ccccc2N1. The Morgan fingerprint density at radius 2 is 2.25 bits per heavy atom. The van der Waals surface area contributed by atoms with Gasteiger partial charge in [0.05, 0.1) is 12.5 Å². The molecule has 1 aromatic carbocycles. The van der Waals surface area contributed by atoms with E-state index in [0.717, 1.165) is 24.3 Å². The van der Waals surface area contributed by atoms with Gasteiger partial charge in [-0.1, -0.05) is 18.2 Å². The van der Waals surface area contributed by atoms with Crippen LogP contribution >= 0.6 is 0 Å². The standard InChI is InChI=1S/C15H18N2O3/c18-14-7-12(11-3-1-2-4-13(11)17-14)15(19)16-8-10-5-6-20-9-10/h1-4,10,12H,5-9H2,(H,16,19)(H,17,18)/t10-,12-/m1/s1. The maximum Gasteiger partial charge on any atom is 0.228 e. The second kappa shape index (κ2) is 5.63. The predicted octanol–water partition coefficient (Wildman–Crippen LogP) is 1.27. The maximum atomic E-state index is 12.3. The molecule has 2 atom stereocenters. The molecule has 0 unspecified atom stereocenters. The molecular formula is C15H18N2O3. The lowest BCUT2D eigenvalue weighted by molar-refractivity contribution is -0.126. The first-order valence-corrected chi connectivity index (χ1v) is 6.98. The van der Waals surface area contributed by atoms with Crippen molar-refractivity contribution in [3.63, 3.8) is 0 Å². The minimum absolute atomic E-state index is 0.0702. The maximum absolute atomic E-state index is 12.3. The van der Waals surface area contributed by atoms with Crippen LogP contribution in [0.25, 0.3) is 0 Å². The minimum atomic E-state index is -0.387. The third-order valence-corrected chi connectivity index (χ3v) is 3.91. The molecule has 5 nitrogen and oxygen atoms in total. The van der Waals surface area contributed by atoms with Gasteiger partial charge in [-0.3, -0.25) is 9.59 Å². The van der Waals surface area contributed by atoms with Gasteiger partial charge in [-0.15, -0.1) is 0 Å². The van der Waals surface area contributed by atoms with E-state index in [-0.39, 0.29) is 24.2 Å². The van der Waals surface area contributed by atoms with Crippen LogP contribution in [0, 0.1) is 5.92 Å². The third kappa shape index (κ3) is 2.67. The van der Waals surface area contributed by atoms with E-state index in [1.165, 1.54) is 0 Å². The van der Waals surface area contributed by atoms with Crippen molar-refractivity contribution in [2.75, 3.05) is 25.1 Å². The lowest BCUT2D eigenvalue weighted by atomic mass is 9.89. The summed E-state index contributed by atoms with van der Waals surface area (Å²) in [5.41, 5.74) is 1.64. The van der Waals surface area contributed by atoms with Gasteiger partial charge >= 0.3 is 0 Å². The Kier molecular flexibility index (Phi) is 3.69. The largest absolute Gasteiger partial charge is 0.381 e. The van der Waals surface area contributed by atoms with Crippen molar-refractivity contribution in [3.8, 4) is 0 Å². The third-order valence-electron chi connectivity index (χ3n) is 3.91. The van der Waals surface area contributed by atoms with E-state index in [1.54, 1.807) is 0 Å². The molecular weight excluding hydrogens is 256 g/mol. The molecule has 5 heteroatoms. The number of ether oxygens (including phenoxy) is 1. The fourth-order valence-corrected chi connectivity index (χ4v) is 2.76. The Hall–Kier alpha value is -1.88. The average molecular weight is 274 g/mol. The van der Waals surface area contributed by atoms with Crippen LogP contribution < -0.4 is 10.6 Å². The molecule has 2 N–H and O–H groups in total. The summed E-state index contributed by atoms with van der Waals surface area (Å²) in [7, 11) is 0. The summed E-state index contributed by atoms with van der Waals surface area (Å²) in [6, 6.07) is 7.48. The van der Waals surface area contributed by atoms with E-state index >= 15 is 0 Å². The Bertz CT molecular complexity index is 524. The van der Waals surface area contributed by atoms with Gasteiger partial charge in [0, 0.05) is 31.2 Å². The second-order valence-corrected chi connectivity index (χ2v) is 5.37. The molecule has 2 aliphatic rings. The Morgan fingerprint density at radius 1 is 1.40 bits per heavy atom. The van der Waals surface area contributed by atoms with Gasteiger partial charge in [-0.25, -0.2) is 0 Å². The van der Waals surface area contributed by atoms with Gasteiger partial charge in [0.15, 0.2) is 0 Å². The number of hydrogen-bond donors (Lipinski definition) is 2. The number of rotatable bonds is 3. The van der Waals surface area contributed by atoms with Gasteiger partial charge in [0.25, 0.3) is 0 Å². The molecule has 106 valence electrons. The van der Waals surface area contributed by atoms with Crippen molar-refractivity contribution >= 4 is 17.5 Å². The first-order chi connectivity index (χ1) is 9.74. The van der Waals surface area contributed by atoms with Crippen molar-refractivity contribution in [3.05, 3.63) is 29.8 Å². The molecule has 20 heavy (non-hydrogen) atoms. The van der Waals surface area contributed by atoms with Crippen molar-refractivity contribution in [1.29, 1.82) is 0 Å². The highest BCUT2D eigenvalue weighted by Gasteiger charge is 2.30. The molecule has 0 aromatic heterocycles. The first kappa shape index (κ1) is 13.1. The van der Waals surface area contributed by atoms with Crippen molar-refractivity contribution in [1.82, 2.24) is 5.32 Å². The molecule has 0 bridgehead atoms. The summed E-state index contributed by atoms with van der Waals surface area (Å²) in [5.74, 6) is -0.166. The summed E-state index contributed by atoms with van der Waals surface area (Å²) in [4.78, 5) is 24.0. The number of carbonyl (C=O) groups excluding carboxylic acids is 2. The Labute approximate surface area is 117 Å². The molecule has 0 aliphatic carbocycles. The topological polar surface area (TPSA) is 67.4 Å². The number of carbonyl (C=O) groups is 2. The van der Waals surface area contributed by atoms with Crippen LogP contribution in [0.3, 0.4) is 0 Å². The van der Waals surface area contributed by atoms with Crippen LogP contribution in [-0.4, -0.2) is 31.6 Å². The number of fused-ring (bicyclic) bond motifs is 1. The molecule has 2 aliphatic heterocycles. The van der Waals surface area contributed by atoms with E-state index in [2.05, 4.69) is 10.6 Å². The molecule has 1 aromatic rings. The number of anilines is 1. The van der Waals surface area contributed by atoms with Gasteiger partial charge in [0.2, 0.25) is 11.8 Å². The zero-order chi connectivity index (χ0) is 13.9. The van der Waals surface area contributed by atoms with Gasteiger partial charge < -0.3 is 15.4 Å². The molecule has 0 saturated carbocycles. The number of hydrogen-bond acceptors (Lipinski definition) is 3. The van der Waals surface area contributed by atoms with E-state index in [9.17, 15) is 9.59 Å². The first-order valence-electron chi connectivity index (χ1n) is 6.98. The molecule has 2 amide bonds. The number of nitrogens with one attached hydrogen (secondary N) is 2. The van der Waals surface area contributed by atoms with Crippen molar-refractivity contribution in [2.45, 2.75) is 18.8 Å². The lowest BCUT2D eigenvalue weighted by Gasteiger charge is -2.25. The van der Waals surface area contributed by atoms with Gasteiger partial charge in [0.1, 0.15) is 0 Å². The zero-order valence-electron chi connectivity index (χ0n) is 11.2. The summed E-state index contributed by atoms with van der Waals surface area (Å²) in [6.45, 7) is 2.11. The summed E-state index contributed by atoms with van der Waals surface area (Å²) in [5, 5.41) is 5.76. The molecule has 0 spiro atoms. The van der Waals surface area contributed by atoms with Crippen LogP contribution in [0.1, 0.15) is 24.3 Å². The molecule has 3 rings (SSSR count). The highest BCUT2D eigenvalue weighted by atomic mass is 16.5. The minimum Gasteiger partial charge on any atom is -0.381 e. The van der Waals surface area contributed by atoms with Crippen LogP contribution in [0.5, 0.6) is 0 Å². The summed E-state index contributed by atoms with van der Waals surface area (Å²) >= 11 is 0. The smallest absolute Gasteiger partial charge is 0.228 e. The highest BCUT2D eigenvalue weighted by molar-refractivity contribution is 6.01. The van der Waals surface area contributed by atoms with Gasteiger partial charge in [-0.05, 0) is 18.1 Å². The number of benzene rings is 1. The molecule has 0 radical (unpaired) electrons. The quantitative estimate of drug-likeness (QED) is 0.872. The average Bonchev–Trinajstić information content (AvgIpc) is 2.97. The van der Waals surface area contributed by atoms with Crippen molar-refractivity contribution in [2.24, 2.45) is 5.92 Å². The summed E-state index contributed by atoms with van der Waals surface area (Å²) in [6.07, 6.45) is 1.20. The van der Waals surface area contributed by atoms with Gasteiger partial charge in [-0.2, -0.15) is 0 Å². The van der Waals surface area contributed by atoms with Crippen LogP contribution in [0.4, 0.5) is 5.69 Å². The van der Waals surface area contributed by atoms with Crippen molar-refractivity contribution < 1.29 is 14.3 Å². The van der Waals surface area contributed by atoms with Crippen LogP contribution in [0.2, 0.25) is 0 Å². The van der Waals surface area contributed by atoms with E-state index < -0.39 is 0 Å². The molecule has 1 saturated heterocycles. The van der Waals surface area contributed by atoms with E-state index in [1.807, 2.05) is 24.3 Å². The van der Waals surface area contributed by atoms with Crippen LogP contribution in [0.15, 0.2) is 24.3 Å². The fourth-order valence-electron chi connectivity index (χ4n) is 2.76. The fraction of sp³-hybridized carbons (Fsp3) is 0.467. The zero-order valence-corrected chi connectivity index (χ0v) is 11.2. The monoisotopic (exact) mass is 274 g/mol. The summed E-state index contributed by atoms with van der Waals surface area (Å²) < 4.78 is 5.29.